The van der Waals surface area contributed by atoms with Crippen LogP contribution in [-0.2, 0) is 18.7 Å². The van der Waals surface area contributed by atoms with Crippen molar-refractivity contribution in [1.29, 1.82) is 0 Å². The quantitative estimate of drug-likeness (QED) is 0.559. The molecule has 8 heteroatoms. The Kier molecular flexibility index (Phi) is 4.76. The lowest BCUT2D eigenvalue weighted by molar-refractivity contribution is 0.660. The first-order chi connectivity index (χ1) is 9.61. The van der Waals surface area contributed by atoms with E-state index in [4.69, 9.17) is 12.2 Å². The fraction of sp³-hybridized carbons (Fsp3) is 0.500. The Balaban J connectivity index is 2.22. The minimum Gasteiger partial charge on any atom is -0.323 e. The first-order valence-electron chi connectivity index (χ1n) is 6.17. The van der Waals surface area contributed by atoms with E-state index in [1.54, 1.807) is 15.9 Å². The van der Waals surface area contributed by atoms with Crippen LogP contribution in [0.15, 0.2) is 4.79 Å². The minimum atomic E-state index is 0.0542. The molecule has 3 rings (SSSR count). The van der Waals surface area contributed by atoms with Crippen LogP contribution in [0.1, 0.15) is 10.4 Å². The third-order valence-electron chi connectivity index (χ3n) is 3.29. The molecule has 0 amide bonds. The zero-order valence-corrected chi connectivity index (χ0v) is 16.1. The number of fused-ring (bicyclic) bond motifs is 3. The number of alkyl halides is 2. The van der Waals surface area contributed by atoms with Crippen molar-refractivity contribution in [2.75, 3.05) is 11.1 Å². The summed E-state index contributed by atoms with van der Waals surface area (Å²) in [5.41, 5.74) is 1.29. The van der Waals surface area contributed by atoms with E-state index in [2.05, 4.69) is 36.8 Å². The lowest BCUT2D eigenvalue weighted by Crippen LogP contribution is -2.26. The third-order valence-corrected chi connectivity index (χ3v) is 8.19. The van der Waals surface area contributed by atoms with Crippen LogP contribution in [-0.4, -0.2) is 25.5 Å². The smallest absolute Gasteiger partial charge is 0.263 e. The van der Waals surface area contributed by atoms with Gasteiger partial charge in [-0.25, -0.2) is 0 Å². The molecule has 2 aromatic rings. The highest BCUT2D eigenvalue weighted by Gasteiger charge is 2.20. The van der Waals surface area contributed by atoms with E-state index in [0.717, 1.165) is 33.5 Å². The number of hydrogen-bond donors (Lipinski definition) is 1. The van der Waals surface area contributed by atoms with Crippen LogP contribution in [0, 0.1) is 4.77 Å². The molecular weight excluding hydrogens is 444 g/mol. The van der Waals surface area contributed by atoms with Crippen molar-refractivity contribution in [3.05, 3.63) is 25.6 Å². The van der Waals surface area contributed by atoms with Gasteiger partial charge in [-0.1, -0.05) is 31.9 Å². The van der Waals surface area contributed by atoms with E-state index in [-0.39, 0.29) is 10.4 Å². The molecule has 0 radical (unpaired) electrons. The van der Waals surface area contributed by atoms with E-state index >= 15 is 0 Å². The Labute approximate surface area is 146 Å². The van der Waals surface area contributed by atoms with Gasteiger partial charge in [0.25, 0.3) is 5.56 Å². The first-order valence-corrected chi connectivity index (χ1v) is 10.6. The fourth-order valence-corrected chi connectivity index (χ4v) is 5.54. The lowest BCUT2D eigenvalue weighted by atomic mass is 10.1. The number of thiophene rings is 1. The largest absolute Gasteiger partial charge is 0.323 e. The maximum absolute atomic E-state index is 12.8. The van der Waals surface area contributed by atoms with Gasteiger partial charge in [-0.05, 0) is 30.0 Å². The highest BCUT2D eigenvalue weighted by molar-refractivity contribution is 9.12. The number of aromatic amines is 1. The van der Waals surface area contributed by atoms with Crippen LogP contribution in [0.2, 0.25) is 0 Å². The normalized spacial score (nSPS) is 16.3. The number of hydrogen-bond acceptors (Lipinski definition) is 4. The molecule has 0 aromatic carbocycles. The van der Waals surface area contributed by atoms with Crippen molar-refractivity contribution in [3.63, 3.8) is 0 Å². The maximum Gasteiger partial charge on any atom is 0.263 e. The maximum atomic E-state index is 12.8. The third kappa shape index (κ3) is 2.69. The fourth-order valence-electron chi connectivity index (χ4n) is 2.35. The van der Waals surface area contributed by atoms with Gasteiger partial charge in [0.2, 0.25) is 0 Å². The average molecular weight is 456 g/mol. The van der Waals surface area contributed by atoms with Crippen molar-refractivity contribution in [2.24, 2.45) is 0 Å². The minimum absolute atomic E-state index is 0.0542. The van der Waals surface area contributed by atoms with Crippen molar-refractivity contribution >= 4 is 77.4 Å². The van der Waals surface area contributed by atoms with E-state index in [0.29, 0.717) is 11.3 Å². The van der Waals surface area contributed by atoms with Gasteiger partial charge in [0, 0.05) is 27.3 Å². The molecule has 0 spiro atoms. The number of halogens is 2. The van der Waals surface area contributed by atoms with Gasteiger partial charge in [0.15, 0.2) is 4.77 Å². The summed E-state index contributed by atoms with van der Waals surface area (Å²) < 4.78 is 2.19. The summed E-state index contributed by atoms with van der Waals surface area (Å²) in [4.78, 5) is 18.5. The van der Waals surface area contributed by atoms with Crippen molar-refractivity contribution < 1.29 is 0 Å². The molecule has 20 heavy (non-hydrogen) atoms. The average Bonchev–Trinajstić information content (AvgIpc) is 2.81. The summed E-state index contributed by atoms with van der Waals surface area (Å²) in [5.74, 6) is 2.10. The SMILES string of the molecule is O=c1c2c3c(sc2[nH]c(=S)n1CC(Br)CBr)CSCC3. The first kappa shape index (κ1) is 15.3. The summed E-state index contributed by atoms with van der Waals surface area (Å²) in [6.07, 6.45) is 0.982. The summed E-state index contributed by atoms with van der Waals surface area (Å²) in [6.45, 7) is 0.578. The molecule has 1 aliphatic rings. The van der Waals surface area contributed by atoms with Crippen molar-refractivity contribution in [1.82, 2.24) is 9.55 Å². The monoisotopic (exact) mass is 454 g/mol. The Bertz CT molecular complexity index is 764. The van der Waals surface area contributed by atoms with Crippen LogP contribution in [0.3, 0.4) is 0 Å². The summed E-state index contributed by atoms with van der Waals surface area (Å²) in [6, 6.07) is 0. The second-order valence-corrected chi connectivity index (χ2v) is 9.15. The van der Waals surface area contributed by atoms with E-state index in [9.17, 15) is 4.79 Å². The molecular formula is C12H12Br2N2OS3. The van der Waals surface area contributed by atoms with Crippen LogP contribution >= 0.6 is 67.2 Å². The number of aryl methyl sites for hydroxylation is 1. The number of nitrogens with zero attached hydrogens (tertiary/aromatic N) is 1. The van der Waals surface area contributed by atoms with E-state index in [1.165, 1.54) is 10.4 Å². The Morgan fingerprint density at radius 2 is 2.30 bits per heavy atom. The van der Waals surface area contributed by atoms with E-state index < -0.39 is 0 Å². The second-order valence-electron chi connectivity index (χ2n) is 4.61. The molecule has 0 aliphatic carbocycles. The molecule has 1 N–H and O–H groups in total. The standard InChI is InChI=1S/C12H12Br2N2OS3/c13-3-6(14)4-16-11(17)9-7-1-2-19-5-8(7)20-10(9)15-12(16)18/h6H,1-5H2,(H,15,18). The van der Waals surface area contributed by atoms with Gasteiger partial charge < -0.3 is 4.98 Å². The molecule has 1 unspecified atom stereocenters. The molecule has 3 heterocycles. The molecule has 1 atom stereocenters. The summed E-state index contributed by atoms with van der Waals surface area (Å²) in [5, 5.41) is 1.64. The Morgan fingerprint density at radius 3 is 3.05 bits per heavy atom. The van der Waals surface area contributed by atoms with Crippen molar-refractivity contribution in [2.45, 2.75) is 23.5 Å². The summed E-state index contributed by atoms with van der Waals surface area (Å²) in [7, 11) is 0. The predicted molar refractivity (Wildman–Crippen MR) is 97.6 cm³/mol. The van der Waals surface area contributed by atoms with Gasteiger partial charge >= 0.3 is 0 Å². The predicted octanol–water partition coefficient (Wildman–Crippen LogP) is 4.07. The van der Waals surface area contributed by atoms with Crippen LogP contribution in [0.25, 0.3) is 10.2 Å². The van der Waals surface area contributed by atoms with Gasteiger partial charge in [-0.2, -0.15) is 11.8 Å². The van der Waals surface area contributed by atoms with Gasteiger partial charge in [-0.15, -0.1) is 11.3 Å². The number of thioether (sulfide) groups is 1. The van der Waals surface area contributed by atoms with Gasteiger partial charge in [0.05, 0.1) is 5.39 Å². The zero-order valence-electron chi connectivity index (χ0n) is 10.4. The van der Waals surface area contributed by atoms with Crippen LogP contribution < -0.4 is 5.56 Å². The van der Waals surface area contributed by atoms with Crippen molar-refractivity contribution in [3.8, 4) is 0 Å². The number of nitrogens with one attached hydrogen (secondary N) is 1. The van der Waals surface area contributed by atoms with Crippen LogP contribution in [0.5, 0.6) is 0 Å². The topological polar surface area (TPSA) is 37.8 Å². The molecule has 1 aliphatic heterocycles. The number of aromatic nitrogens is 2. The molecule has 108 valence electrons. The molecule has 3 nitrogen and oxygen atoms in total. The van der Waals surface area contributed by atoms with Gasteiger partial charge in [0.1, 0.15) is 4.83 Å². The molecule has 0 bridgehead atoms. The lowest BCUT2D eigenvalue weighted by Gasteiger charge is -2.12. The molecule has 0 saturated carbocycles. The molecule has 0 saturated heterocycles. The molecule has 0 fully saturated rings. The highest BCUT2D eigenvalue weighted by atomic mass is 79.9. The highest BCUT2D eigenvalue weighted by Crippen LogP contribution is 2.35. The van der Waals surface area contributed by atoms with Crippen LogP contribution in [0.4, 0.5) is 0 Å². The zero-order chi connectivity index (χ0) is 14.3. The van der Waals surface area contributed by atoms with E-state index in [1.807, 2.05) is 11.8 Å². The Hall–Kier alpha value is 0.370. The van der Waals surface area contributed by atoms with Gasteiger partial charge in [-0.3, -0.25) is 9.36 Å². The Morgan fingerprint density at radius 1 is 1.50 bits per heavy atom. The molecule has 2 aromatic heterocycles. The number of rotatable bonds is 3. The number of H-pyrrole nitrogens is 1. The summed E-state index contributed by atoms with van der Waals surface area (Å²) >= 11 is 15.9. The second kappa shape index (κ2) is 6.24.